The monoisotopic (exact) mass is 422 g/mol. The molecule has 3 heterocycles. The molecule has 2 amide bonds. The van der Waals surface area contributed by atoms with Crippen molar-refractivity contribution < 1.29 is 18.7 Å². The topological polar surface area (TPSA) is 83.5 Å². The predicted molar refractivity (Wildman–Crippen MR) is 111 cm³/mol. The zero-order valence-corrected chi connectivity index (χ0v) is 17.1. The zero-order chi connectivity index (χ0) is 21.3. The van der Waals surface area contributed by atoms with E-state index < -0.39 is 11.8 Å². The number of rotatable bonds is 4. The van der Waals surface area contributed by atoms with Gasteiger partial charge in [0.15, 0.2) is 0 Å². The number of carbonyl (C=O) groups is 2. The van der Waals surface area contributed by atoms with Gasteiger partial charge in [0.25, 0.3) is 11.8 Å². The van der Waals surface area contributed by atoms with Crippen LogP contribution in [0, 0.1) is 11.3 Å². The highest BCUT2D eigenvalue weighted by atomic mass is 35.5. The number of imide groups is 1. The maximum Gasteiger partial charge on any atom is 0.271 e. The first kappa shape index (κ1) is 20.1. The molecule has 4 rings (SSSR count). The summed E-state index contributed by atoms with van der Waals surface area (Å²) in [6, 6.07) is 12.7. The Morgan fingerprint density at radius 3 is 2.80 bits per heavy atom. The molecule has 1 saturated heterocycles. The Morgan fingerprint density at radius 2 is 2.10 bits per heavy atom. The average Bonchev–Trinajstić information content (AvgIpc) is 3.41. The molecule has 1 aromatic carbocycles. The molecular weight excluding hydrogens is 404 g/mol. The fourth-order valence-corrected chi connectivity index (χ4v) is 3.85. The lowest BCUT2D eigenvalue weighted by Gasteiger charge is -2.29. The lowest BCUT2D eigenvalue weighted by molar-refractivity contribution is -0.142. The van der Waals surface area contributed by atoms with E-state index in [9.17, 15) is 14.9 Å². The van der Waals surface area contributed by atoms with Crippen molar-refractivity contribution in [3.8, 4) is 17.4 Å². The third-order valence-corrected chi connectivity index (χ3v) is 5.49. The van der Waals surface area contributed by atoms with Gasteiger partial charge in [0.05, 0.1) is 12.6 Å². The van der Waals surface area contributed by atoms with Crippen LogP contribution in [-0.4, -0.2) is 36.0 Å². The normalized spacial score (nSPS) is 20.9. The van der Waals surface area contributed by atoms with Crippen LogP contribution in [0.4, 0.5) is 0 Å². The largest absolute Gasteiger partial charge is 0.457 e. The maximum atomic E-state index is 13.1. The Labute approximate surface area is 179 Å². The Kier molecular flexibility index (Phi) is 5.58. The highest BCUT2D eigenvalue weighted by Crippen LogP contribution is 2.30. The van der Waals surface area contributed by atoms with Gasteiger partial charge in [0.1, 0.15) is 23.2 Å². The van der Waals surface area contributed by atoms with Crippen molar-refractivity contribution >= 4 is 29.5 Å². The third-order valence-electron chi connectivity index (χ3n) is 5.26. The van der Waals surface area contributed by atoms with Gasteiger partial charge in [-0.2, -0.15) is 5.26 Å². The summed E-state index contributed by atoms with van der Waals surface area (Å²) >= 11 is 6.04. The molecule has 1 atom stereocenters. The van der Waals surface area contributed by atoms with Crippen LogP contribution in [0.3, 0.4) is 0 Å². The molecule has 0 bridgehead atoms. The molecule has 0 N–H and O–H groups in total. The van der Waals surface area contributed by atoms with E-state index in [-0.39, 0.29) is 23.8 Å². The third kappa shape index (κ3) is 3.82. The minimum Gasteiger partial charge on any atom is -0.457 e. The second-order valence-corrected chi connectivity index (χ2v) is 7.67. The molecule has 0 spiro atoms. The van der Waals surface area contributed by atoms with Crippen molar-refractivity contribution in [2.75, 3.05) is 13.2 Å². The predicted octanol–water partition coefficient (Wildman–Crippen LogP) is 4.37. The van der Waals surface area contributed by atoms with Crippen molar-refractivity contribution in [2.45, 2.75) is 25.9 Å². The molecule has 0 saturated carbocycles. The molecule has 0 radical (unpaired) electrons. The van der Waals surface area contributed by atoms with Crippen molar-refractivity contribution in [1.29, 1.82) is 5.26 Å². The molecular formula is C23H19ClN2O4. The second-order valence-electron chi connectivity index (χ2n) is 7.24. The minimum absolute atomic E-state index is 0.0412. The number of ether oxygens (including phenoxy) is 1. The van der Waals surface area contributed by atoms with Crippen molar-refractivity contribution in [3.05, 3.63) is 63.9 Å². The minimum atomic E-state index is -0.577. The summed E-state index contributed by atoms with van der Waals surface area (Å²) in [5, 5.41) is 10.1. The second kappa shape index (κ2) is 8.31. The number of nitrogens with zero attached hydrogens (tertiary/aromatic N) is 2. The number of amides is 2. The van der Waals surface area contributed by atoms with E-state index in [2.05, 4.69) is 0 Å². The Balaban J connectivity index is 1.68. The Bertz CT molecular complexity index is 1120. The number of carbonyl (C=O) groups excluding carboxylic acids is 2. The molecule has 1 fully saturated rings. The molecule has 1 unspecified atom stereocenters. The lowest BCUT2D eigenvalue weighted by atomic mass is 9.94. The van der Waals surface area contributed by atoms with Crippen LogP contribution in [0.2, 0.25) is 5.02 Å². The fourth-order valence-electron chi connectivity index (χ4n) is 3.66. The number of halogens is 1. The SMILES string of the molecule is CC1=C(C#N)C(=O)N(CC2CCCO2)C(=O)/C1=C/c1ccc(-c2cccc(Cl)c2)o1. The summed E-state index contributed by atoms with van der Waals surface area (Å²) in [6.45, 7) is 2.35. The summed E-state index contributed by atoms with van der Waals surface area (Å²) in [4.78, 5) is 26.9. The first-order valence-electron chi connectivity index (χ1n) is 9.64. The number of hydrogen-bond donors (Lipinski definition) is 0. The van der Waals surface area contributed by atoms with Crippen LogP contribution in [0.5, 0.6) is 0 Å². The zero-order valence-electron chi connectivity index (χ0n) is 16.4. The van der Waals surface area contributed by atoms with Gasteiger partial charge in [-0.1, -0.05) is 23.7 Å². The van der Waals surface area contributed by atoms with E-state index in [4.69, 9.17) is 20.8 Å². The Hall–Kier alpha value is -3.14. The van der Waals surface area contributed by atoms with Gasteiger partial charge >= 0.3 is 0 Å². The van der Waals surface area contributed by atoms with Crippen LogP contribution >= 0.6 is 11.6 Å². The van der Waals surface area contributed by atoms with E-state index >= 15 is 0 Å². The van der Waals surface area contributed by atoms with E-state index in [1.165, 1.54) is 0 Å². The van der Waals surface area contributed by atoms with Crippen LogP contribution in [-0.2, 0) is 14.3 Å². The van der Waals surface area contributed by atoms with Crippen molar-refractivity contribution in [3.63, 3.8) is 0 Å². The van der Waals surface area contributed by atoms with Gasteiger partial charge in [0.2, 0.25) is 0 Å². The summed E-state index contributed by atoms with van der Waals surface area (Å²) in [5.74, 6) is 0.0119. The fraction of sp³-hybridized carbons (Fsp3) is 0.261. The van der Waals surface area contributed by atoms with Crippen LogP contribution in [0.15, 0.2) is 57.5 Å². The standard InChI is InChI=1S/C23H19ClN2O4/c1-14-19(11-17-7-8-21(30-17)15-4-2-5-16(24)10-15)22(27)26(23(28)20(14)12-25)13-18-6-3-9-29-18/h2,4-5,7-8,10-11,18H,3,6,9,13H2,1H3/b19-11+. The van der Waals surface area contributed by atoms with Gasteiger partial charge in [-0.25, -0.2) is 0 Å². The summed E-state index contributed by atoms with van der Waals surface area (Å²) < 4.78 is 11.4. The van der Waals surface area contributed by atoms with Gasteiger partial charge in [-0.15, -0.1) is 0 Å². The Morgan fingerprint density at radius 1 is 1.27 bits per heavy atom. The average molecular weight is 423 g/mol. The molecule has 2 aromatic rings. The molecule has 2 aliphatic rings. The number of nitriles is 1. The highest BCUT2D eigenvalue weighted by Gasteiger charge is 2.37. The first-order chi connectivity index (χ1) is 14.5. The van der Waals surface area contributed by atoms with Gasteiger partial charge in [-0.3, -0.25) is 14.5 Å². The first-order valence-corrected chi connectivity index (χ1v) is 10.0. The molecule has 2 aliphatic heterocycles. The number of hydrogen-bond acceptors (Lipinski definition) is 5. The summed E-state index contributed by atoms with van der Waals surface area (Å²) in [6.07, 6.45) is 3.04. The van der Waals surface area contributed by atoms with Crippen LogP contribution in [0.25, 0.3) is 17.4 Å². The smallest absolute Gasteiger partial charge is 0.271 e. The quantitative estimate of drug-likeness (QED) is 0.539. The highest BCUT2D eigenvalue weighted by molar-refractivity contribution is 6.30. The number of furan rings is 1. The van der Waals surface area contributed by atoms with E-state index in [0.717, 1.165) is 23.3 Å². The molecule has 1 aromatic heterocycles. The van der Waals surface area contributed by atoms with Crippen LogP contribution < -0.4 is 0 Å². The van der Waals surface area contributed by atoms with Crippen molar-refractivity contribution in [2.24, 2.45) is 0 Å². The van der Waals surface area contributed by atoms with E-state index in [1.807, 2.05) is 18.2 Å². The molecule has 30 heavy (non-hydrogen) atoms. The summed E-state index contributed by atoms with van der Waals surface area (Å²) in [5.41, 5.74) is 1.37. The maximum absolute atomic E-state index is 13.1. The van der Waals surface area contributed by atoms with E-state index in [1.54, 1.807) is 37.3 Å². The number of benzene rings is 1. The molecule has 7 heteroatoms. The van der Waals surface area contributed by atoms with Gasteiger partial charge < -0.3 is 9.15 Å². The van der Waals surface area contributed by atoms with E-state index in [0.29, 0.717) is 28.7 Å². The molecule has 6 nitrogen and oxygen atoms in total. The van der Waals surface area contributed by atoms with Crippen LogP contribution in [0.1, 0.15) is 25.5 Å². The van der Waals surface area contributed by atoms with Gasteiger partial charge in [-0.05, 0) is 55.7 Å². The lowest BCUT2D eigenvalue weighted by Crippen LogP contribution is -2.46. The van der Waals surface area contributed by atoms with Gasteiger partial charge in [0, 0.05) is 22.8 Å². The van der Waals surface area contributed by atoms with Crippen molar-refractivity contribution in [1.82, 2.24) is 4.90 Å². The molecule has 0 aliphatic carbocycles. The molecule has 152 valence electrons. The summed E-state index contributed by atoms with van der Waals surface area (Å²) in [7, 11) is 0.